The van der Waals surface area contributed by atoms with Crippen molar-refractivity contribution < 1.29 is 24.5 Å². The zero-order valence-electron chi connectivity index (χ0n) is 10.8. The third kappa shape index (κ3) is 4.96. The molecule has 7 heteroatoms. The summed E-state index contributed by atoms with van der Waals surface area (Å²) in [5.74, 6) is -2.08. The van der Waals surface area contributed by atoms with Crippen molar-refractivity contribution in [3.05, 3.63) is 35.9 Å². The second kappa shape index (κ2) is 7.59. The Labute approximate surface area is 116 Å². The summed E-state index contributed by atoms with van der Waals surface area (Å²) in [4.78, 5) is 22.2. The number of aliphatic carboxylic acids is 1. The number of hydrogen-bond donors (Lipinski definition) is 4. The molecule has 0 saturated heterocycles. The smallest absolute Gasteiger partial charge is 0.323 e. The Hall–Kier alpha value is -1.96. The molecule has 0 radical (unpaired) electrons. The largest absolute Gasteiger partial charge is 0.480 e. The second-order valence-electron chi connectivity index (χ2n) is 4.37. The first-order valence-electron chi connectivity index (χ1n) is 6.04. The number of benzene rings is 1. The number of rotatable bonds is 7. The lowest BCUT2D eigenvalue weighted by Crippen LogP contribution is -2.46. The van der Waals surface area contributed by atoms with Gasteiger partial charge in [-0.1, -0.05) is 30.3 Å². The summed E-state index contributed by atoms with van der Waals surface area (Å²) >= 11 is 0. The maximum atomic E-state index is 11.6. The average Bonchev–Trinajstić information content (AvgIpc) is 2.44. The highest BCUT2D eigenvalue weighted by atomic mass is 16.5. The van der Waals surface area contributed by atoms with Gasteiger partial charge in [-0.3, -0.25) is 9.59 Å². The van der Waals surface area contributed by atoms with Crippen molar-refractivity contribution in [3.8, 4) is 0 Å². The van der Waals surface area contributed by atoms with Gasteiger partial charge in [-0.05, 0) is 5.56 Å². The summed E-state index contributed by atoms with van der Waals surface area (Å²) in [5, 5.41) is 18.1. The fraction of sp³-hybridized carbons (Fsp3) is 0.385. The standard InChI is InChI=1S/C13H18N2O5/c14-9(6-10(16)11(15)12(17)18)13(19)20-7-8-4-2-1-3-5-8/h1-5,9-11,16H,6-7,14-15H2,(H,17,18)/t9?,10?,11-/m0/s1. The van der Waals surface area contributed by atoms with E-state index < -0.39 is 30.1 Å². The van der Waals surface area contributed by atoms with Crippen LogP contribution in [-0.4, -0.2) is 40.3 Å². The Morgan fingerprint density at radius 2 is 1.80 bits per heavy atom. The molecule has 0 saturated carbocycles. The molecule has 0 fully saturated rings. The summed E-state index contributed by atoms with van der Waals surface area (Å²) in [6.45, 7) is 0.0639. The maximum Gasteiger partial charge on any atom is 0.323 e. The average molecular weight is 282 g/mol. The molecule has 1 aromatic carbocycles. The third-order valence-electron chi connectivity index (χ3n) is 2.72. The van der Waals surface area contributed by atoms with Crippen LogP contribution in [0.1, 0.15) is 12.0 Å². The van der Waals surface area contributed by atoms with Crippen LogP contribution in [0, 0.1) is 0 Å². The number of carboxylic acid groups (broad SMARTS) is 1. The van der Waals surface area contributed by atoms with Crippen LogP contribution in [-0.2, 0) is 20.9 Å². The molecule has 0 bridgehead atoms. The highest BCUT2D eigenvalue weighted by molar-refractivity contribution is 5.76. The predicted octanol–water partition coefficient (Wildman–Crippen LogP) is -0.780. The topological polar surface area (TPSA) is 136 Å². The summed E-state index contributed by atoms with van der Waals surface area (Å²) in [5.41, 5.74) is 11.6. The van der Waals surface area contributed by atoms with E-state index in [9.17, 15) is 14.7 Å². The molecule has 1 aromatic rings. The predicted molar refractivity (Wildman–Crippen MR) is 70.4 cm³/mol. The van der Waals surface area contributed by atoms with Gasteiger partial charge in [-0.15, -0.1) is 0 Å². The van der Waals surface area contributed by atoms with Gasteiger partial charge >= 0.3 is 11.9 Å². The van der Waals surface area contributed by atoms with Crippen molar-refractivity contribution in [2.24, 2.45) is 11.5 Å². The van der Waals surface area contributed by atoms with Crippen LogP contribution in [0.3, 0.4) is 0 Å². The molecule has 2 unspecified atom stereocenters. The maximum absolute atomic E-state index is 11.6. The molecule has 6 N–H and O–H groups in total. The Morgan fingerprint density at radius 3 is 2.35 bits per heavy atom. The number of aliphatic hydroxyl groups is 1. The van der Waals surface area contributed by atoms with Crippen LogP contribution in [0.4, 0.5) is 0 Å². The summed E-state index contributed by atoms with van der Waals surface area (Å²) < 4.78 is 4.97. The van der Waals surface area contributed by atoms with Gasteiger partial charge in [-0.25, -0.2) is 0 Å². The van der Waals surface area contributed by atoms with E-state index in [0.29, 0.717) is 0 Å². The Bertz CT molecular complexity index is 451. The van der Waals surface area contributed by atoms with E-state index in [2.05, 4.69) is 0 Å². The number of aliphatic hydroxyl groups excluding tert-OH is 1. The lowest BCUT2D eigenvalue weighted by atomic mass is 10.0. The molecule has 0 aliphatic heterocycles. The Kier molecular flexibility index (Phi) is 6.10. The molecule has 0 spiro atoms. The molecular weight excluding hydrogens is 264 g/mol. The van der Waals surface area contributed by atoms with Crippen molar-refractivity contribution in [2.45, 2.75) is 31.2 Å². The summed E-state index contributed by atoms with van der Waals surface area (Å²) in [6, 6.07) is 6.40. The molecule has 0 amide bonds. The molecule has 0 aliphatic rings. The SMILES string of the molecule is NC(CC(O)[C@H](N)C(=O)O)C(=O)OCc1ccccc1. The van der Waals surface area contributed by atoms with E-state index in [-0.39, 0.29) is 13.0 Å². The zero-order valence-corrected chi connectivity index (χ0v) is 10.8. The molecule has 7 nitrogen and oxygen atoms in total. The van der Waals surface area contributed by atoms with E-state index in [1.165, 1.54) is 0 Å². The van der Waals surface area contributed by atoms with Gasteiger partial charge in [0.2, 0.25) is 0 Å². The number of nitrogens with two attached hydrogens (primary N) is 2. The Balaban J connectivity index is 2.41. The number of carboxylic acids is 1. The van der Waals surface area contributed by atoms with Gasteiger partial charge in [0.1, 0.15) is 18.7 Å². The van der Waals surface area contributed by atoms with E-state index in [1.54, 1.807) is 24.3 Å². The molecule has 1 rings (SSSR count). The minimum Gasteiger partial charge on any atom is -0.480 e. The van der Waals surface area contributed by atoms with Crippen molar-refractivity contribution in [1.82, 2.24) is 0 Å². The number of carbonyl (C=O) groups excluding carboxylic acids is 1. The van der Waals surface area contributed by atoms with Crippen molar-refractivity contribution in [1.29, 1.82) is 0 Å². The van der Waals surface area contributed by atoms with E-state index >= 15 is 0 Å². The van der Waals surface area contributed by atoms with Crippen LogP contribution >= 0.6 is 0 Å². The summed E-state index contributed by atoms with van der Waals surface area (Å²) in [7, 11) is 0. The monoisotopic (exact) mass is 282 g/mol. The fourth-order valence-corrected chi connectivity index (χ4v) is 1.50. The van der Waals surface area contributed by atoms with Gasteiger partial charge in [0, 0.05) is 6.42 Å². The van der Waals surface area contributed by atoms with Crippen LogP contribution in [0.5, 0.6) is 0 Å². The highest BCUT2D eigenvalue weighted by Crippen LogP contribution is 2.05. The zero-order chi connectivity index (χ0) is 15.1. The van der Waals surface area contributed by atoms with E-state index in [1.807, 2.05) is 6.07 Å². The van der Waals surface area contributed by atoms with Crippen molar-refractivity contribution in [3.63, 3.8) is 0 Å². The lowest BCUT2D eigenvalue weighted by Gasteiger charge is -2.18. The minimum absolute atomic E-state index is 0.0639. The first-order valence-corrected chi connectivity index (χ1v) is 6.04. The number of carbonyl (C=O) groups is 2. The van der Waals surface area contributed by atoms with Crippen molar-refractivity contribution >= 4 is 11.9 Å². The minimum atomic E-state index is -1.48. The van der Waals surface area contributed by atoms with Gasteiger partial charge in [-0.2, -0.15) is 0 Å². The van der Waals surface area contributed by atoms with Crippen LogP contribution in [0.2, 0.25) is 0 Å². The first kappa shape index (κ1) is 16.1. The quantitative estimate of drug-likeness (QED) is 0.481. The van der Waals surface area contributed by atoms with Gasteiger partial charge in [0.05, 0.1) is 6.10 Å². The van der Waals surface area contributed by atoms with Gasteiger partial charge in [0.15, 0.2) is 0 Å². The first-order chi connectivity index (χ1) is 9.41. The van der Waals surface area contributed by atoms with E-state index in [0.717, 1.165) is 5.56 Å². The highest BCUT2D eigenvalue weighted by Gasteiger charge is 2.27. The lowest BCUT2D eigenvalue weighted by molar-refractivity contribution is -0.149. The Morgan fingerprint density at radius 1 is 1.20 bits per heavy atom. The fourth-order valence-electron chi connectivity index (χ4n) is 1.50. The third-order valence-corrected chi connectivity index (χ3v) is 2.72. The molecule has 110 valence electrons. The van der Waals surface area contributed by atoms with Gasteiger partial charge in [0.25, 0.3) is 0 Å². The molecule has 20 heavy (non-hydrogen) atoms. The molecule has 0 heterocycles. The molecule has 0 aromatic heterocycles. The second-order valence-corrected chi connectivity index (χ2v) is 4.37. The molecule has 0 aliphatic carbocycles. The van der Waals surface area contributed by atoms with Crippen molar-refractivity contribution in [2.75, 3.05) is 0 Å². The number of esters is 1. The van der Waals surface area contributed by atoms with Crippen LogP contribution in [0.25, 0.3) is 0 Å². The van der Waals surface area contributed by atoms with E-state index in [4.69, 9.17) is 21.3 Å². The molecule has 3 atom stereocenters. The normalized spacial score (nSPS) is 15.2. The molecular formula is C13H18N2O5. The van der Waals surface area contributed by atoms with Crippen LogP contribution < -0.4 is 11.5 Å². The van der Waals surface area contributed by atoms with Gasteiger partial charge < -0.3 is 26.4 Å². The summed E-state index contributed by atoms with van der Waals surface area (Å²) in [6.07, 6.45) is -1.69. The number of ether oxygens (including phenoxy) is 1. The number of hydrogen-bond acceptors (Lipinski definition) is 6. The van der Waals surface area contributed by atoms with Crippen LogP contribution in [0.15, 0.2) is 30.3 Å².